The third kappa shape index (κ3) is 13.6. The summed E-state index contributed by atoms with van der Waals surface area (Å²) in [5, 5.41) is 39.8. The lowest BCUT2D eigenvalue weighted by Crippen LogP contribution is -2.64. The van der Waals surface area contributed by atoms with E-state index < -0.39 is 59.3 Å². The average Bonchev–Trinajstić information content (AvgIpc) is 3.31. The number of carbonyl (C=O) groups is 4. The zero-order chi connectivity index (χ0) is 48.8. The summed E-state index contributed by atoms with van der Waals surface area (Å²) in [5.74, 6) is -1.16. The van der Waals surface area contributed by atoms with E-state index in [9.17, 15) is 29.4 Å². The Balaban J connectivity index is 1.47. The van der Waals surface area contributed by atoms with Gasteiger partial charge in [-0.05, 0) is 69.5 Å². The number of ether oxygens (including phenoxy) is 4. The molecule has 0 aliphatic rings. The van der Waals surface area contributed by atoms with E-state index in [1.165, 1.54) is 34.5 Å². The Morgan fingerprint density at radius 2 is 1.30 bits per heavy atom. The van der Waals surface area contributed by atoms with E-state index in [-0.39, 0.29) is 37.6 Å². The van der Waals surface area contributed by atoms with E-state index in [0.717, 1.165) is 21.9 Å². The van der Waals surface area contributed by atoms with Crippen LogP contribution in [0.25, 0.3) is 10.8 Å². The van der Waals surface area contributed by atoms with Crippen molar-refractivity contribution in [2.45, 2.75) is 90.8 Å². The summed E-state index contributed by atoms with van der Waals surface area (Å²) < 4.78 is 21.8. The summed E-state index contributed by atoms with van der Waals surface area (Å²) in [5.41, 5.74) is 1.80. The summed E-state index contributed by atoms with van der Waals surface area (Å²) in [6.45, 7) is 8.98. The van der Waals surface area contributed by atoms with Gasteiger partial charge in [0.05, 0.1) is 47.0 Å². The van der Waals surface area contributed by atoms with Crippen LogP contribution in [0.5, 0.6) is 28.7 Å². The quantitative estimate of drug-likeness (QED) is 0.0471. The van der Waals surface area contributed by atoms with E-state index in [2.05, 4.69) is 26.6 Å². The molecular formula is C52H65N5O10. The molecule has 0 spiro atoms. The van der Waals surface area contributed by atoms with Crippen LogP contribution in [0, 0.1) is 11.3 Å². The molecule has 0 fully saturated rings. The third-order valence-corrected chi connectivity index (χ3v) is 11.6. The van der Waals surface area contributed by atoms with E-state index in [1.807, 2.05) is 93.6 Å². The highest BCUT2D eigenvalue weighted by molar-refractivity contribution is 5.93. The van der Waals surface area contributed by atoms with Gasteiger partial charge in [0.2, 0.25) is 29.4 Å². The second-order valence-electron chi connectivity index (χ2n) is 17.8. The number of hydrogen-bond acceptors (Lipinski definition) is 11. The molecule has 7 N–H and O–H groups in total. The summed E-state index contributed by atoms with van der Waals surface area (Å²) in [7, 11) is 5.92. The predicted octanol–water partition coefficient (Wildman–Crippen LogP) is 5.36. The van der Waals surface area contributed by atoms with Gasteiger partial charge in [-0.2, -0.15) is 0 Å². The molecule has 0 saturated heterocycles. The van der Waals surface area contributed by atoms with Crippen molar-refractivity contribution in [2.24, 2.45) is 11.3 Å². The van der Waals surface area contributed by atoms with Gasteiger partial charge in [0.1, 0.15) is 29.6 Å². The molecule has 5 rings (SSSR count). The number of benzene rings is 5. The molecule has 5 atom stereocenters. The molecular weight excluding hydrogens is 855 g/mol. The fourth-order valence-electron chi connectivity index (χ4n) is 7.85. The van der Waals surface area contributed by atoms with Crippen LogP contribution in [-0.2, 0) is 45.1 Å². The molecule has 358 valence electrons. The Morgan fingerprint density at radius 3 is 1.91 bits per heavy atom. The number of aromatic hydroxyl groups is 1. The molecule has 0 bridgehead atoms. The van der Waals surface area contributed by atoms with Crippen molar-refractivity contribution in [3.05, 3.63) is 125 Å². The van der Waals surface area contributed by atoms with Crippen LogP contribution in [-0.4, -0.2) is 92.6 Å². The SMILES string of the molecule is COc1ccc(CNC(=O)[C@@H](NC(=O)[C@H](NCc2cc(OC)c(OC)c(OC)c2)[C@H](O)[C@H](Cc2ccccc2)NC(=O)[C@@H](NC(=O)Cc2cccc3ccccc23)C(C)(C)C)C(C)C)c(O)c1. The number of phenols is 1. The number of nitrogens with one attached hydrogen (secondary N) is 5. The normalized spacial score (nSPS) is 13.7. The van der Waals surface area contributed by atoms with E-state index in [0.29, 0.717) is 34.1 Å². The molecule has 0 heterocycles. The lowest BCUT2D eigenvalue weighted by Gasteiger charge is -2.35. The van der Waals surface area contributed by atoms with Crippen molar-refractivity contribution in [3.8, 4) is 28.7 Å². The molecule has 67 heavy (non-hydrogen) atoms. The fourth-order valence-corrected chi connectivity index (χ4v) is 7.85. The largest absolute Gasteiger partial charge is 0.507 e. The Bertz CT molecular complexity index is 2440. The molecule has 0 aromatic heterocycles. The van der Waals surface area contributed by atoms with Crippen LogP contribution in [0.4, 0.5) is 0 Å². The Labute approximate surface area is 392 Å². The van der Waals surface area contributed by atoms with Crippen molar-refractivity contribution in [1.29, 1.82) is 0 Å². The Morgan fingerprint density at radius 1 is 0.642 bits per heavy atom. The average molecular weight is 920 g/mol. The maximum absolute atomic E-state index is 14.7. The van der Waals surface area contributed by atoms with Gasteiger partial charge < -0.3 is 50.4 Å². The molecule has 0 unspecified atom stereocenters. The maximum atomic E-state index is 14.7. The van der Waals surface area contributed by atoms with Gasteiger partial charge >= 0.3 is 0 Å². The van der Waals surface area contributed by atoms with Crippen molar-refractivity contribution in [2.75, 3.05) is 28.4 Å². The number of methoxy groups -OCH3 is 4. The van der Waals surface area contributed by atoms with Gasteiger partial charge in [-0.1, -0.05) is 107 Å². The first-order valence-electron chi connectivity index (χ1n) is 22.2. The van der Waals surface area contributed by atoms with Crippen molar-refractivity contribution < 1.29 is 48.3 Å². The third-order valence-electron chi connectivity index (χ3n) is 11.6. The summed E-state index contributed by atoms with van der Waals surface area (Å²) in [6, 6.07) is 26.1. The lowest BCUT2D eigenvalue weighted by atomic mass is 9.85. The number of amides is 4. The number of aliphatic hydroxyl groups is 1. The minimum absolute atomic E-state index is 0.0119. The zero-order valence-electron chi connectivity index (χ0n) is 39.8. The van der Waals surface area contributed by atoms with Crippen LogP contribution >= 0.6 is 0 Å². The number of aliphatic hydroxyl groups excluding tert-OH is 1. The minimum Gasteiger partial charge on any atom is -0.507 e. The number of fused-ring (bicyclic) bond motifs is 1. The molecule has 0 radical (unpaired) electrons. The Kier molecular flexibility index (Phi) is 18.0. The smallest absolute Gasteiger partial charge is 0.243 e. The maximum Gasteiger partial charge on any atom is 0.243 e. The van der Waals surface area contributed by atoms with Gasteiger partial charge in [0.25, 0.3) is 0 Å². The summed E-state index contributed by atoms with van der Waals surface area (Å²) >= 11 is 0. The highest BCUT2D eigenvalue weighted by atomic mass is 16.5. The Hall–Kier alpha value is -6.84. The van der Waals surface area contributed by atoms with E-state index >= 15 is 0 Å². The van der Waals surface area contributed by atoms with Crippen LogP contribution < -0.4 is 45.5 Å². The second-order valence-corrected chi connectivity index (χ2v) is 17.8. The fraction of sp³-hybridized carbons (Fsp3) is 0.385. The summed E-state index contributed by atoms with van der Waals surface area (Å²) in [6.07, 6.45) is -1.51. The second kappa shape index (κ2) is 23.6. The monoisotopic (exact) mass is 919 g/mol. The van der Waals surface area contributed by atoms with Gasteiger partial charge in [0.15, 0.2) is 11.5 Å². The number of hydrogen-bond donors (Lipinski definition) is 7. The molecule has 5 aromatic carbocycles. The first-order valence-corrected chi connectivity index (χ1v) is 22.2. The predicted molar refractivity (Wildman–Crippen MR) is 257 cm³/mol. The van der Waals surface area contributed by atoms with Crippen LogP contribution in [0.1, 0.15) is 56.9 Å². The van der Waals surface area contributed by atoms with Gasteiger partial charge in [-0.25, -0.2) is 0 Å². The minimum atomic E-state index is -1.62. The molecule has 15 heteroatoms. The standard InChI is InChI=1S/C52H65N5O10/c1-31(2)44(49(61)54-30-36-22-23-37(64-6)28-40(36)58)57-50(62)45(53-29-33-25-41(65-7)47(67-9)42(26-33)66-8)46(60)39(24-32-16-11-10-12-17-32)55-51(63)48(52(3,4)5)56-43(59)27-35-20-15-19-34-18-13-14-21-38(34)35/h10-23,25-26,28,31,39,44-46,48,53,58,60H,24,27,29-30H2,1-9H3,(H,54,61)(H,55,63)(H,56,59)(H,57,62)/t39-,44-,45+,46+,48+/m0/s1. The number of phenolic OH excluding ortho intramolecular Hbond substituents is 1. The molecule has 4 amide bonds. The van der Waals surface area contributed by atoms with Crippen LogP contribution in [0.3, 0.4) is 0 Å². The van der Waals surface area contributed by atoms with Crippen LogP contribution in [0.2, 0.25) is 0 Å². The summed E-state index contributed by atoms with van der Waals surface area (Å²) in [4.78, 5) is 56.9. The first-order chi connectivity index (χ1) is 32.0. The van der Waals surface area contributed by atoms with Gasteiger partial charge in [-0.15, -0.1) is 0 Å². The lowest BCUT2D eigenvalue weighted by molar-refractivity contribution is -0.135. The zero-order valence-corrected chi connectivity index (χ0v) is 39.8. The van der Waals surface area contributed by atoms with E-state index in [4.69, 9.17) is 18.9 Å². The first kappa shape index (κ1) is 51.1. The van der Waals surface area contributed by atoms with Gasteiger partial charge in [0, 0.05) is 24.7 Å². The highest BCUT2D eigenvalue weighted by Crippen LogP contribution is 2.38. The molecule has 0 aliphatic carbocycles. The van der Waals surface area contributed by atoms with Crippen molar-refractivity contribution >= 4 is 34.4 Å². The van der Waals surface area contributed by atoms with Crippen molar-refractivity contribution in [3.63, 3.8) is 0 Å². The van der Waals surface area contributed by atoms with E-state index in [1.54, 1.807) is 38.1 Å². The molecule has 15 nitrogen and oxygen atoms in total. The number of carbonyl (C=O) groups excluding carboxylic acids is 4. The molecule has 5 aromatic rings. The van der Waals surface area contributed by atoms with Gasteiger partial charge in [-0.3, -0.25) is 24.5 Å². The molecule has 0 aliphatic heterocycles. The molecule has 0 saturated carbocycles. The highest BCUT2D eigenvalue weighted by Gasteiger charge is 2.39. The van der Waals surface area contributed by atoms with Crippen LogP contribution in [0.15, 0.2) is 103 Å². The number of rotatable bonds is 22. The van der Waals surface area contributed by atoms with Crippen molar-refractivity contribution in [1.82, 2.24) is 26.6 Å². The topological polar surface area (TPSA) is 206 Å².